The molecule has 1 N–H and O–H groups in total. The number of piperazine rings is 1. The van der Waals surface area contributed by atoms with Crippen molar-refractivity contribution in [2.75, 3.05) is 51.8 Å². The predicted molar refractivity (Wildman–Crippen MR) is 136 cm³/mol. The lowest BCUT2D eigenvalue weighted by molar-refractivity contribution is 0.0954. The van der Waals surface area contributed by atoms with Gasteiger partial charge >= 0.3 is 0 Å². The van der Waals surface area contributed by atoms with Gasteiger partial charge < -0.3 is 19.7 Å². The van der Waals surface area contributed by atoms with Gasteiger partial charge in [0.15, 0.2) is 0 Å². The van der Waals surface area contributed by atoms with Crippen LogP contribution in [0.1, 0.15) is 21.5 Å². The summed E-state index contributed by atoms with van der Waals surface area (Å²) in [5.41, 5.74) is 4.18. The topological polar surface area (TPSA) is 54.0 Å². The summed E-state index contributed by atoms with van der Waals surface area (Å²) in [7, 11) is 3.36. The third-order valence-electron chi connectivity index (χ3n) is 6.28. The Morgan fingerprint density at radius 3 is 2.38 bits per heavy atom. The minimum absolute atomic E-state index is 0.0407. The molecule has 6 nitrogen and oxygen atoms in total. The first kappa shape index (κ1) is 23.6. The van der Waals surface area contributed by atoms with Gasteiger partial charge in [0.05, 0.1) is 14.2 Å². The summed E-state index contributed by atoms with van der Waals surface area (Å²) in [6, 6.07) is 24.1. The Balaban J connectivity index is 1.26. The number of hydrogen-bond acceptors (Lipinski definition) is 5. The molecule has 0 saturated carbocycles. The van der Waals surface area contributed by atoms with E-state index < -0.39 is 0 Å². The van der Waals surface area contributed by atoms with E-state index in [1.807, 2.05) is 54.6 Å². The van der Waals surface area contributed by atoms with Crippen LogP contribution in [0.25, 0.3) is 0 Å². The number of hydrogen-bond donors (Lipinski definition) is 1. The molecule has 1 fully saturated rings. The monoisotopic (exact) mass is 459 g/mol. The molecule has 1 saturated heterocycles. The number of methoxy groups -OCH3 is 2. The number of anilines is 1. The maximum Gasteiger partial charge on any atom is 0.251 e. The Morgan fingerprint density at radius 1 is 0.882 bits per heavy atom. The number of para-hydroxylation sites is 1. The number of rotatable bonds is 9. The van der Waals surface area contributed by atoms with Crippen LogP contribution < -0.4 is 19.7 Å². The van der Waals surface area contributed by atoms with Crippen LogP contribution >= 0.6 is 0 Å². The van der Waals surface area contributed by atoms with Gasteiger partial charge in [0.2, 0.25) is 0 Å². The number of carbonyl (C=O) groups excluding carboxylic acids is 1. The number of benzene rings is 3. The Labute approximate surface area is 202 Å². The molecule has 0 unspecified atom stereocenters. The molecule has 0 bridgehead atoms. The fourth-order valence-corrected chi connectivity index (χ4v) is 4.35. The third-order valence-corrected chi connectivity index (χ3v) is 6.28. The summed E-state index contributed by atoms with van der Waals surface area (Å²) in [6.07, 6.45) is 0.730. The lowest BCUT2D eigenvalue weighted by Crippen LogP contribution is -2.45. The van der Waals surface area contributed by atoms with Crippen LogP contribution in [0.15, 0.2) is 72.8 Å². The molecule has 34 heavy (non-hydrogen) atoms. The molecule has 1 heterocycles. The van der Waals surface area contributed by atoms with Gasteiger partial charge in [-0.15, -0.1) is 0 Å². The lowest BCUT2D eigenvalue weighted by atomic mass is 10.1. The third kappa shape index (κ3) is 6.08. The Hall–Kier alpha value is -3.51. The van der Waals surface area contributed by atoms with Crippen molar-refractivity contribution in [1.82, 2.24) is 10.2 Å². The highest BCUT2D eigenvalue weighted by molar-refractivity contribution is 5.94. The van der Waals surface area contributed by atoms with E-state index in [1.165, 1.54) is 5.69 Å². The van der Waals surface area contributed by atoms with Crippen LogP contribution in [0.5, 0.6) is 11.5 Å². The summed E-state index contributed by atoms with van der Waals surface area (Å²) < 4.78 is 10.6. The normalized spacial score (nSPS) is 14.0. The molecule has 6 heteroatoms. The molecule has 178 valence electrons. The van der Waals surface area contributed by atoms with Crippen molar-refractivity contribution in [2.24, 2.45) is 0 Å². The van der Waals surface area contributed by atoms with E-state index in [2.05, 4.69) is 33.3 Å². The summed E-state index contributed by atoms with van der Waals surface area (Å²) >= 11 is 0. The molecule has 3 aromatic carbocycles. The molecule has 0 spiro atoms. The average Bonchev–Trinajstić information content (AvgIpc) is 2.89. The second-order valence-corrected chi connectivity index (χ2v) is 8.48. The van der Waals surface area contributed by atoms with Gasteiger partial charge in [-0.25, -0.2) is 0 Å². The van der Waals surface area contributed by atoms with Crippen LogP contribution in [0.4, 0.5) is 5.69 Å². The van der Waals surface area contributed by atoms with Crippen molar-refractivity contribution in [3.63, 3.8) is 0 Å². The largest absolute Gasteiger partial charge is 0.497 e. The van der Waals surface area contributed by atoms with Crippen LogP contribution in [-0.2, 0) is 13.0 Å². The quantitative estimate of drug-likeness (QED) is 0.524. The minimum Gasteiger partial charge on any atom is -0.497 e. The summed E-state index contributed by atoms with van der Waals surface area (Å²) in [4.78, 5) is 17.6. The van der Waals surface area contributed by atoms with Crippen molar-refractivity contribution in [2.45, 2.75) is 13.0 Å². The van der Waals surface area contributed by atoms with Crippen LogP contribution in [0.2, 0.25) is 0 Å². The molecule has 1 amide bonds. The fourth-order valence-electron chi connectivity index (χ4n) is 4.35. The smallest absolute Gasteiger partial charge is 0.251 e. The van der Waals surface area contributed by atoms with Crippen LogP contribution in [0.3, 0.4) is 0 Å². The molecular weight excluding hydrogens is 426 g/mol. The molecule has 0 aliphatic carbocycles. The molecule has 4 rings (SSSR count). The van der Waals surface area contributed by atoms with E-state index >= 15 is 0 Å². The summed E-state index contributed by atoms with van der Waals surface area (Å²) in [5.74, 6) is 1.69. The fraction of sp³-hybridized carbons (Fsp3) is 0.321. The second kappa shape index (κ2) is 11.6. The van der Waals surface area contributed by atoms with Gasteiger partial charge in [0.1, 0.15) is 11.5 Å². The summed E-state index contributed by atoms with van der Waals surface area (Å²) in [5, 5.41) is 3.04. The Bertz CT molecular complexity index is 1080. The zero-order valence-electron chi connectivity index (χ0n) is 20.0. The molecule has 1 aliphatic heterocycles. The maximum atomic E-state index is 12.7. The zero-order chi connectivity index (χ0) is 23.8. The van der Waals surface area contributed by atoms with E-state index in [0.29, 0.717) is 12.1 Å². The minimum atomic E-state index is -0.0407. The first-order valence-corrected chi connectivity index (χ1v) is 11.8. The standard InChI is InChI=1S/C28H33N3O3/c1-33-26-12-10-25(11-13-26)31-18-16-30(17-19-31)21-22-6-5-8-24(20-22)28(32)29-15-14-23-7-3-4-9-27(23)34-2/h3-13,20H,14-19,21H2,1-2H3,(H,29,32). The van der Waals surface area contributed by atoms with Gasteiger partial charge in [-0.2, -0.15) is 0 Å². The number of nitrogens with zero attached hydrogens (tertiary/aromatic N) is 2. The highest BCUT2D eigenvalue weighted by Gasteiger charge is 2.18. The second-order valence-electron chi connectivity index (χ2n) is 8.48. The number of ether oxygens (including phenoxy) is 2. The molecule has 0 radical (unpaired) electrons. The SMILES string of the molecule is COc1ccc(N2CCN(Cc3cccc(C(=O)NCCc4ccccc4OC)c3)CC2)cc1. The lowest BCUT2D eigenvalue weighted by Gasteiger charge is -2.36. The molecule has 3 aromatic rings. The van der Waals surface area contributed by atoms with Gasteiger partial charge in [-0.05, 0) is 60.0 Å². The first-order valence-electron chi connectivity index (χ1n) is 11.8. The maximum absolute atomic E-state index is 12.7. The Kier molecular flexibility index (Phi) is 8.04. The van der Waals surface area contributed by atoms with Gasteiger partial charge in [-0.3, -0.25) is 9.69 Å². The first-order chi connectivity index (χ1) is 16.7. The number of nitrogens with one attached hydrogen (secondary N) is 1. The van der Waals surface area contributed by atoms with Crippen LogP contribution in [-0.4, -0.2) is 57.8 Å². The zero-order valence-corrected chi connectivity index (χ0v) is 20.0. The van der Waals surface area contributed by atoms with E-state index in [4.69, 9.17) is 9.47 Å². The van der Waals surface area contributed by atoms with Gasteiger partial charge in [0, 0.05) is 50.5 Å². The highest BCUT2D eigenvalue weighted by atomic mass is 16.5. The van der Waals surface area contributed by atoms with Crippen molar-refractivity contribution in [1.29, 1.82) is 0 Å². The molecule has 0 aromatic heterocycles. The van der Waals surface area contributed by atoms with E-state index in [1.54, 1.807) is 14.2 Å². The highest BCUT2D eigenvalue weighted by Crippen LogP contribution is 2.21. The van der Waals surface area contributed by atoms with E-state index in [-0.39, 0.29) is 5.91 Å². The van der Waals surface area contributed by atoms with E-state index in [0.717, 1.165) is 61.8 Å². The Morgan fingerprint density at radius 2 is 1.65 bits per heavy atom. The summed E-state index contributed by atoms with van der Waals surface area (Å²) in [6.45, 7) is 5.35. The predicted octanol–water partition coefficient (Wildman–Crippen LogP) is 4.00. The number of carbonyl (C=O) groups is 1. The molecule has 0 atom stereocenters. The average molecular weight is 460 g/mol. The van der Waals surface area contributed by atoms with E-state index in [9.17, 15) is 4.79 Å². The van der Waals surface area contributed by atoms with Crippen molar-refractivity contribution >= 4 is 11.6 Å². The van der Waals surface area contributed by atoms with Crippen molar-refractivity contribution < 1.29 is 14.3 Å². The van der Waals surface area contributed by atoms with Gasteiger partial charge in [-0.1, -0.05) is 30.3 Å². The van der Waals surface area contributed by atoms with Crippen molar-refractivity contribution in [3.8, 4) is 11.5 Å². The number of amides is 1. The van der Waals surface area contributed by atoms with Gasteiger partial charge in [0.25, 0.3) is 5.91 Å². The molecular formula is C28H33N3O3. The van der Waals surface area contributed by atoms with Crippen molar-refractivity contribution in [3.05, 3.63) is 89.5 Å². The van der Waals surface area contributed by atoms with Crippen LogP contribution in [0, 0.1) is 0 Å². The molecule has 1 aliphatic rings.